The van der Waals surface area contributed by atoms with Gasteiger partial charge in [-0.15, -0.1) is 0 Å². The van der Waals surface area contributed by atoms with Crippen molar-refractivity contribution >= 4 is 29.0 Å². The summed E-state index contributed by atoms with van der Waals surface area (Å²) < 4.78 is 22.6. The SMILES string of the molecule is NCCOCCNC(=O)CN1CCN(C(=O)c2ccc(Nc3nc(C4CC4)cn4c(-c5cn[nH]c5)cnc34)c(F)c2)CC1. The summed E-state index contributed by atoms with van der Waals surface area (Å²) in [6, 6.07) is 4.43. The van der Waals surface area contributed by atoms with E-state index in [9.17, 15) is 9.59 Å². The Kier molecular flexibility index (Phi) is 8.58. The van der Waals surface area contributed by atoms with E-state index >= 15 is 4.39 Å². The van der Waals surface area contributed by atoms with E-state index in [-0.39, 0.29) is 29.6 Å². The van der Waals surface area contributed by atoms with Crippen LogP contribution in [0.25, 0.3) is 16.9 Å². The molecule has 1 saturated heterocycles. The lowest BCUT2D eigenvalue weighted by molar-refractivity contribution is -0.122. The topological polar surface area (TPSA) is 159 Å². The molecule has 4 aromatic rings. The molecule has 43 heavy (non-hydrogen) atoms. The highest BCUT2D eigenvalue weighted by atomic mass is 19.1. The second-order valence-electron chi connectivity index (χ2n) is 10.8. The van der Waals surface area contributed by atoms with E-state index in [2.05, 4.69) is 25.8 Å². The van der Waals surface area contributed by atoms with Gasteiger partial charge in [0.2, 0.25) is 5.91 Å². The van der Waals surface area contributed by atoms with Gasteiger partial charge in [0.25, 0.3) is 5.91 Å². The molecule has 1 saturated carbocycles. The molecule has 1 aliphatic carbocycles. The molecule has 4 heterocycles. The van der Waals surface area contributed by atoms with Crippen molar-refractivity contribution in [2.75, 3.05) is 64.3 Å². The van der Waals surface area contributed by atoms with Crippen LogP contribution < -0.4 is 16.4 Å². The number of hydrogen-bond donors (Lipinski definition) is 4. The minimum absolute atomic E-state index is 0.0937. The summed E-state index contributed by atoms with van der Waals surface area (Å²) in [5.41, 5.74) is 9.06. The molecular formula is C29H35FN10O3. The zero-order chi connectivity index (χ0) is 29.8. The van der Waals surface area contributed by atoms with Gasteiger partial charge in [0.05, 0.1) is 49.2 Å². The molecule has 2 fully saturated rings. The number of nitrogens with one attached hydrogen (secondary N) is 3. The van der Waals surface area contributed by atoms with Crippen LogP contribution >= 0.6 is 0 Å². The maximum Gasteiger partial charge on any atom is 0.254 e. The van der Waals surface area contributed by atoms with Crippen molar-refractivity contribution in [1.29, 1.82) is 0 Å². The molecule has 1 aromatic carbocycles. The number of imidazole rings is 1. The lowest BCUT2D eigenvalue weighted by atomic mass is 10.1. The van der Waals surface area contributed by atoms with E-state index in [4.69, 9.17) is 15.5 Å². The summed E-state index contributed by atoms with van der Waals surface area (Å²) in [6.07, 6.45) is 9.37. The second-order valence-corrected chi connectivity index (χ2v) is 10.8. The number of aromatic amines is 1. The van der Waals surface area contributed by atoms with Crippen molar-refractivity contribution < 1.29 is 18.7 Å². The van der Waals surface area contributed by atoms with Crippen molar-refractivity contribution in [3.8, 4) is 11.3 Å². The van der Waals surface area contributed by atoms with Gasteiger partial charge in [0.1, 0.15) is 5.82 Å². The second kappa shape index (κ2) is 12.9. The molecule has 5 N–H and O–H groups in total. The van der Waals surface area contributed by atoms with Crippen molar-refractivity contribution in [1.82, 2.24) is 39.7 Å². The third-order valence-corrected chi connectivity index (χ3v) is 7.63. The summed E-state index contributed by atoms with van der Waals surface area (Å²) >= 11 is 0. The summed E-state index contributed by atoms with van der Waals surface area (Å²) in [6.45, 7) is 3.99. The van der Waals surface area contributed by atoms with Gasteiger partial charge in [-0.25, -0.2) is 14.4 Å². The molecule has 0 radical (unpaired) electrons. The summed E-state index contributed by atoms with van der Waals surface area (Å²) in [7, 11) is 0. The zero-order valence-corrected chi connectivity index (χ0v) is 23.8. The minimum Gasteiger partial charge on any atom is -0.378 e. The van der Waals surface area contributed by atoms with Crippen molar-refractivity contribution in [3.63, 3.8) is 0 Å². The van der Waals surface area contributed by atoms with Gasteiger partial charge in [-0.1, -0.05) is 0 Å². The zero-order valence-electron chi connectivity index (χ0n) is 23.8. The maximum absolute atomic E-state index is 15.4. The van der Waals surface area contributed by atoms with E-state index in [0.717, 1.165) is 29.8 Å². The average Bonchev–Trinajstić information content (AvgIpc) is 3.55. The Bertz CT molecular complexity index is 1580. The number of ether oxygens (including phenoxy) is 1. The third-order valence-electron chi connectivity index (χ3n) is 7.63. The predicted octanol–water partition coefficient (Wildman–Crippen LogP) is 1.73. The van der Waals surface area contributed by atoms with Gasteiger partial charge in [-0.2, -0.15) is 5.10 Å². The first-order chi connectivity index (χ1) is 21.0. The number of rotatable bonds is 12. The Morgan fingerprint density at radius 1 is 1.14 bits per heavy atom. The van der Waals surface area contributed by atoms with E-state index in [1.807, 2.05) is 15.5 Å². The lowest BCUT2D eigenvalue weighted by Crippen LogP contribution is -2.51. The molecule has 0 bridgehead atoms. The van der Waals surface area contributed by atoms with E-state index < -0.39 is 5.82 Å². The molecule has 226 valence electrons. The summed E-state index contributed by atoms with van der Waals surface area (Å²) in [4.78, 5) is 38.4. The molecule has 3 aromatic heterocycles. The molecule has 2 amide bonds. The number of halogens is 1. The normalized spacial score (nSPS) is 15.6. The van der Waals surface area contributed by atoms with E-state index in [1.54, 1.807) is 35.6 Å². The quantitative estimate of drug-likeness (QED) is 0.180. The Labute approximate surface area is 247 Å². The number of nitrogens with two attached hydrogens (primary N) is 1. The van der Waals surface area contributed by atoms with Gasteiger partial charge >= 0.3 is 0 Å². The fraction of sp³-hybridized carbons (Fsp3) is 0.414. The first kappa shape index (κ1) is 28.7. The number of carbonyl (C=O) groups excluding carboxylic acids is 2. The molecule has 6 rings (SSSR count). The predicted molar refractivity (Wildman–Crippen MR) is 157 cm³/mol. The molecule has 0 unspecified atom stereocenters. The monoisotopic (exact) mass is 590 g/mol. The summed E-state index contributed by atoms with van der Waals surface area (Å²) in [5, 5.41) is 12.8. The Morgan fingerprint density at radius 3 is 2.70 bits per heavy atom. The van der Waals surface area contributed by atoms with Crippen LogP contribution in [-0.4, -0.2) is 105 Å². The number of anilines is 2. The van der Waals surface area contributed by atoms with Crippen LogP contribution in [0.2, 0.25) is 0 Å². The highest BCUT2D eigenvalue weighted by Gasteiger charge is 2.28. The van der Waals surface area contributed by atoms with Crippen LogP contribution in [0.1, 0.15) is 34.8 Å². The molecule has 2 aliphatic rings. The van der Waals surface area contributed by atoms with Crippen molar-refractivity contribution in [2.24, 2.45) is 5.73 Å². The van der Waals surface area contributed by atoms with Crippen LogP contribution in [0.15, 0.2) is 43.0 Å². The van der Waals surface area contributed by atoms with Crippen LogP contribution in [0.3, 0.4) is 0 Å². The number of nitrogens with zero attached hydrogens (tertiary/aromatic N) is 6. The first-order valence-electron chi connectivity index (χ1n) is 14.5. The number of amides is 2. The smallest absolute Gasteiger partial charge is 0.254 e. The highest BCUT2D eigenvalue weighted by Crippen LogP contribution is 2.40. The van der Waals surface area contributed by atoms with Crippen molar-refractivity contribution in [2.45, 2.75) is 18.8 Å². The van der Waals surface area contributed by atoms with Crippen LogP contribution in [0, 0.1) is 5.82 Å². The van der Waals surface area contributed by atoms with Crippen LogP contribution in [0.4, 0.5) is 15.9 Å². The maximum atomic E-state index is 15.4. The molecule has 13 nitrogen and oxygen atoms in total. The van der Waals surface area contributed by atoms with Gasteiger partial charge in [-0.3, -0.25) is 24.0 Å². The van der Waals surface area contributed by atoms with E-state index in [1.165, 1.54) is 6.07 Å². The van der Waals surface area contributed by atoms with Gasteiger partial charge in [-0.05, 0) is 31.0 Å². The summed E-state index contributed by atoms with van der Waals surface area (Å²) in [5.74, 6) is -0.0923. The molecule has 14 heteroatoms. The fourth-order valence-corrected chi connectivity index (χ4v) is 5.15. The van der Waals surface area contributed by atoms with Crippen molar-refractivity contribution in [3.05, 3.63) is 60.1 Å². The average molecular weight is 591 g/mol. The Hall–Kier alpha value is -4.40. The Morgan fingerprint density at radius 2 is 1.98 bits per heavy atom. The van der Waals surface area contributed by atoms with Crippen LogP contribution in [-0.2, 0) is 9.53 Å². The number of piperazine rings is 1. The third kappa shape index (κ3) is 6.66. The number of H-pyrrole nitrogens is 1. The standard InChI is InChI=1S/C29H35FN10O3/c30-22-13-20(29(42)39-9-7-38(8-10-39)18-26(41)32-6-12-43-11-5-31)3-4-23(22)36-27-28-33-16-25(21-14-34-35-15-21)40(28)17-24(37-27)19-1-2-19/h3-4,13-17,19H,1-2,5-12,18,31H2,(H,32,41)(H,34,35)(H,36,37). The van der Waals surface area contributed by atoms with Gasteiger partial charge < -0.3 is 26.0 Å². The number of hydrogen-bond acceptors (Lipinski definition) is 9. The largest absolute Gasteiger partial charge is 0.378 e. The molecule has 1 aliphatic heterocycles. The highest BCUT2D eigenvalue weighted by molar-refractivity contribution is 5.95. The first-order valence-corrected chi connectivity index (χ1v) is 14.5. The number of aromatic nitrogens is 5. The molecule has 0 spiro atoms. The molecular weight excluding hydrogens is 555 g/mol. The van der Waals surface area contributed by atoms with E-state index in [0.29, 0.717) is 69.9 Å². The fourth-order valence-electron chi connectivity index (χ4n) is 5.15. The number of benzene rings is 1. The molecule has 0 atom stereocenters. The van der Waals surface area contributed by atoms with Gasteiger partial charge in [0.15, 0.2) is 11.5 Å². The Balaban J connectivity index is 1.09. The number of carbonyl (C=O) groups is 2. The number of fused-ring (bicyclic) bond motifs is 1. The lowest BCUT2D eigenvalue weighted by Gasteiger charge is -2.34. The van der Waals surface area contributed by atoms with Gasteiger partial charge in [0, 0.05) is 68.7 Å². The van der Waals surface area contributed by atoms with Crippen LogP contribution in [0.5, 0.6) is 0 Å². The minimum atomic E-state index is -0.560.